The highest BCUT2D eigenvalue weighted by Crippen LogP contribution is 2.28. The average Bonchev–Trinajstić information content (AvgIpc) is 3.07. The van der Waals surface area contributed by atoms with Gasteiger partial charge in [-0.1, -0.05) is 67.6 Å². The molecule has 0 saturated carbocycles. The summed E-state index contributed by atoms with van der Waals surface area (Å²) in [5.41, 5.74) is 4.85. The van der Waals surface area contributed by atoms with E-state index < -0.39 is 0 Å². The van der Waals surface area contributed by atoms with Gasteiger partial charge in [-0.05, 0) is 42.5 Å². The fourth-order valence-electron chi connectivity index (χ4n) is 2.57. The van der Waals surface area contributed by atoms with Gasteiger partial charge in [-0.3, -0.25) is 0 Å². The van der Waals surface area contributed by atoms with Crippen molar-refractivity contribution in [2.75, 3.05) is 0 Å². The summed E-state index contributed by atoms with van der Waals surface area (Å²) in [6.07, 6.45) is 0. The van der Waals surface area contributed by atoms with Crippen LogP contribution in [-0.4, -0.2) is 10.2 Å². The Labute approximate surface area is 159 Å². The van der Waals surface area contributed by atoms with Crippen LogP contribution in [-0.2, 0) is 12.4 Å². The van der Waals surface area contributed by atoms with Gasteiger partial charge < -0.3 is 9.15 Å². The minimum absolute atomic E-state index is 0.279. The molecule has 0 radical (unpaired) electrons. The summed E-state index contributed by atoms with van der Waals surface area (Å²) in [5, 5.41) is 8.76. The number of ether oxygens (including phenoxy) is 1. The van der Waals surface area contributed by atoms with Crippen LogP contribution in [0.2, 0.25) is 0 Å². The molecule has 26 heavy (non-hydrogen) atoms. The Kier molecular flexibility index (Phi) is 5.99. The molecule has 2 aromatic carbocycles. The summed E-state index contributed by atoms with van der Waals surface area (Å²) in [5.74, 6) is 2.58. The van der Waals surface area contributed by atoms with Crippen LogP contribution in [0.25, 0.3) is 0 Å². The summed E-state index contributed by atoms with van der Waals surface area (Å²) >= 11 is 1.54. The summed E-state index contributed by atoms with van der Waals surface area (Å²) in [4.78, 5) is 0. The van der Waals surface area contributed by atoms with Crippen LogP contribution in [0.4, 0.5) is 0 Å². The average molecular weight is 369 g/mol. The van der Waals surface area contributed by atoms with Crippen LogP contribution in [0, 0.1) is 13.8 Å². The lowest BCUT2D eigenvalue weighted by Gasteiger charge is -2.13. The Morgan fingerprint density at radius 1 is 1.00 bits per heavy atom. The minimum Gasteiger partial charge on any atom is -0.484 e. The van der Waals surface area contributed by atoms with Gasteiger partial charge in [-0.15, -0.1) is 10.2 Å². The maximum atomic E-state index is 5.95. The van der Waals surface area contributed by atoms with Crippen LogP contribution in [0.3, 0.4) is 0 Å². The Morgan fingerprint density at radius 2 is 1.73 bits per heavy atom. The maximum Gasteiger partial charge on any atom is 0.277 e. The summed E-state index contributed by atoms with van der Waals surface area (Å²) in [7, 11) is 0. The zero-order valence-corrected chi connectivity index (χ0v) is 16.5. The molecular weight excluding hydrogens is 344 g/mol. The quantitative estimate of drug-likeness (QED) is 0.502. The number of rotatable bonds is 7. The van der Waals surface area contributed by atoms with Crippen molar-refractivity contribution >= 4 is 11.8 Å². The third kappa shape index (κ3) is 4.88. The topological polar surface area (TPSA) is 48.2 Å². The van der Waals surface area contributed by atoms with Crippen molar-refractivity contribution in [3.63, 3.8) is 0 Å². The van der Waals surface area contributed by atoms with Gasteiger partial charge in [0, 0.05) is 5.75 Å². The Morgan fingerprint density at radius 3 is 2.46 bits per heavy atom. The van der Waals surface area contributed by atoms with E-state index in [1.54, 1.807) is 0 Å². The first-order valence-electron chi connectivity index (χ1n) is 8.75. The maximum absolute atomic E-state index is 5.95. The Bertz CT molecular complexity index is 857. The Balaban J connectivity index is 1.59. The number of aryl methyl sites for hydroxylation is 2. The van der Waals surface area contributed by atoms with Gasteiger partial charge in [-0.25, -0.2) is 0 Å². The number of hydrogen-bond acceptors (Lipinski definition) is 5. The predicted molar refractivity (Wildman–Crippen MR) is 105 cm³/mol. The molecule has 5 heteroatoms. The normalized spacial score (nSPS) is 11.1. The van der Waals surface area contributed by atoms with Crippen molar-refractivity contribution in [3.05, 3.63) is 70.6 Å². The van der Waals surface area contributed by atoms with E-state index in [2.05, 4.69) is 80.4 Å². The van der Waals surface area contributed by atoms with E-state index in [9.17, 15) is 0 Å². The van der Waals surface area contributed by atoms with E-state index in [1.807, 2.05) is 0 Å². The molecule has 0 fully saturated rings. The third-order valence-corrected chi connectivity index (χ3v) is 4.96. The lowest BCUT2D eigenvalue weighted by atomic mass is 10.0. The molecule has 136 valence electrons. The second kappa shape index (κ2) is 8.41. The van der Waals surface area contributed by atoms with Gasteiger partial charge in [0.15, 0.2) is 6.61 Å². The molecule has 0 amide bonds. The van der Waals surface area contributed by atoms with E-state index in [0.29, 0.717) is 17.0 Å². The fourth-order valence-corrected chi connectivity index (χ4v) is 3.30. The van der Waals surface area contributed by atoms with Crippen molar-refractivity contribution in [3.8, 4) is 5.75 Å². The number of nitrogens with zero attached hydrogens (tertiary/aromatic N) is 2. The smallest absolute Gasteiger partial charge is 0.277 e. The van der Waals surface area contributed by atoms with Crippen molar-refractivity contribution < 1.29 is 9.15 Å². The molecule has 0 spiro atoms. The van der Waals surface area contributed by atoms with Crippen molar-refractivity contribution in [2.24, 2.45) is 0 Å². The number of hydrogen-bond donors (Lipinski definition) is 0. The monoisotopic (exact) mass is 368 g/mol. The molecule has 0 atom stereocenters. The molecule has 3 aromatic rings. The van der Waals surface area contributed by atoms with E-state index >= 15 is 0 Å². The van der Waals surface area contributed by atoms with Crippen molar-refractivity contribution in [1.82, 2.24) is 10.2 Å². The predicted octanol–water partition coefficient (Wildman–Crippen LogP) is 5.68. The van der Waals surface area contributed by atoms with Gasteiger partial charge >= 0.3 is 0 Å². The van der Waals surface area contributed by atoms with Crippen LogP contribution in [0.15, 0.2) is 52.1 Å². The zero-order valence-electron chi connectivity index (χ0n) is 15.7. The standard InChI is InChI=1S/C21H24N2O2S/c1-14(2)18-10-7-16(4)11-19(18)24-12-20-22-23-21(25-20)26-13-17-8-5-15(3)6-9-17/h5-11,14H,12-13H2,1-4H3. The summed E-state index contributed by atoms with van der Waals surface area (Å²) in [6.45, 7) is 8.74. The van der Waals surface area contributed by atoms with Crippen LogP contribution < -0.4 is 4.74 Å². The first-order chi connectivity index (χ1) is 12.5. The molecule has 0 saturated heterocycles. The lowest BCUT2D eigenvalue weighted by molar-refractivity contribution is 0.249. The van der Waals surface area contributed by atoms with Gasteiger partial charge in [-0.2, -0.15) is 0 Å². The summed E-state index contributed by atoms with van der Waals surface area (Å²) in [6, 6.07) is 14.7. The molecule has 3 rings (SSSR count). The van der Waals surface area contributed by atoms with Gasteiger partial charge in [0.05, 0.1) is 0 Å². The van der Waals surface area contributed by atoms with Gasteiger partial charge in [0.1, 0.15) is 5.75 Å². The minimum atomic E-state index is 0.279. The molecule has 1 heterocycles. The SMILES string of the molecule is Cc1ccc(CSc2nnc(COc3cc(C)ccc3C(C)C)o2)cc1. The second-order valence-corrected chi connectivity index (χ2v) is 7.65. The number of aromatic nitrogens is 2. The van der Waals surface area contributed by atoms with E-state index in [4.69, 9.17) is 9.15 Å². The highest BCUT2D eigenvalue weighted by atomic mass is 32.2. The first kappa shape index (κ1) is 18.5. The fraction of sp³-hybridized carbons (Fsp3) is 0.333. The van der Waals surface area contributed by atoms with Crippen LogP contribution in [0.1, 0.15) is 47.9 Å². The molecule has 0 N–H and O–H groups in total. The molecule has 0 bridgehead atoms. The van der Waals surface area contributed by atoms with Crippen molar-refractivity contribution in [1.29, 1.82) is 0 Å². The first-order valence-corrected chi connectivity index (χ1v) is 9.74. The molecule has 0 aliphatic heterocycles. The molecule has 0 aliphatic carbocycles. The van der Waals surface area contributed by atoms with Crippen LogP contribution in [0.5, 0.6) is 5.75 Å². The molecule has 0 unspecified atom stereocenters. The molecule has 0 aliphatic rings. The molecule has 4 nitrogen and oxygen atoms in total. The highest BCUT2D eigenvalue weighted by Gasteiger charge is 2.11. The van der Waals surface area contributed by atoms with E-state index in [0.717, 1.165) is 11.5 Å². The number of benzene rings is 2. The van der Waals surface area contributed by atoms with Gasteiger partial charge in [0.25, 0.3) is 11.1 Å². The van der Waals surface area contributed by atoms with E-state index in [-0.39, 0.29) is 6.61 Å². The highest BCUT2D eigenvalue weighted by molar-refractivity contribution is 7.98. The van der Waals surface area contributed by atoms with Crippen LogP contribution >= 0.6 is 11.8 Å². The largest absolute Gasteiger partial charge is 0.484 e. The second-order valence-electron chi connectivity index (χ2n) is 6.72. The number of thioether (sulfide) groups is 1. The molecule has 1 aromatic heterocycles. The molecular formula is C21H24N2O2S. The van der Waals surface area contributed by atoms with Crippen molar-refractivity contribution in [2.45, 2.75) is 51.2 Å². The summed E-state index contributed by atoms with van der Waals surface area (Å²) < 4.78 is 11.6. The Hall–Kier alpha value is -2.27. The third-order valence-electron chi connectivity index (χ3n) is 4.07. The zero-order chi connectivity index (χ0) is 18.5. The van der Waals surface area contributed by atoms with E-state index in [1.165, 1.54) is 34.0 Å². The lowest BCUT2D eigenvalue weighted by Crippen LogP contribution is -2.00. The van der Waals surface area contributed by atoms with Gasteiger partial charge in [0.2, 0.25) is 0 Å².